The van der Waals surface area contributed by atoms with Gasteiger partial charge in [0, 0.05) is 11.6 Å². The standard InChI is InChI=1S/C18H31NO/c1-5-14-19-17(12-9-10-15(3)4)16-11-7-8-13-18(16)20-6-2/h7-8,11,13,15,17,19H,5-6,9-10,12,14H2,1-4H3. The average molecular weight is 277 g/mol. The molecule has 1 N–H and O–H groups in total. The Morgan fingerprint density at radius 1 is 1.10 bits per heavy atom. The van der Waals surface area contributed by atoms with Gasteiger partial charge < -0.3 is 10.1 Å². The van der Waals surface area contributed by atoms with Gasteiger partial charge in [-0.25, -0.2) is 0 Å². The third-order valence-electron chi connectivity index (χ3n) is 3.51. The van der Waals surface area contributed by atoms with Gasteiger partial charge in [-0.2, -0.15) is 0 Å². The van der Waals surface area contributed by atoms with E-state index in [-0.39, 0.29) is 0 Å². The van der Waals surface area contributed by atoms with Crippen LogP contribution in [0.4, 0.5) is 0 Å². The van der Waals surface area contributed by atoms with Crippen molar-refractivity contribution in [3.8, 4) is 5.75 Å². The summed E-state index contributed by atoms with van der Waals surface area (Å²) in [5.74, 6) is 1.82. The topological polar surface area (TPSA) is 21.3 Å². The van der Waals surface area contributed by atoms with Gasteiger partial charge in [-0.1, -0.05) is 51.8 Å². The summed E-state index contributed by atoms with van der Waals surface area (Å²) in [5.41, 5.74) is 1.31. The number of rotatable bonds is 10. The smallest absolute Gasteiger partial charge is 0.124 e. The van der Waals surface area contributed by atoms with Crippen molar-refractivity contribution >= 4 is 0 Å². The zero-order valence-electron chi connectivity index (χ0n) is 13.6. The van der Waals surface area contributed by atoms with Crippen LogP contribution in [0.15, 0.2) is 24.3 Å². The highest BCUT2D eigenvalue weighted by molar-refractivity contribution is 5.36. The molecule has 1 rings (SSSR count). The lowest BCUT2D eigenvalue weighted by molar-refractivity contribution is 0.328. The Morgan fingerprint density at radius 2 is 1.85 bits per heavy atom. The molecule has 0 radical (unpaired) electrons. The van der Waals surface area contributed by atoms with E-state index in [4.69, 9.17) is 4.74 Å². The lowest BCUT2D eigenvalue weighted by Gasteiger charge is -2.22. The van der Waals surface area contributed by atoms with Crippen LogP contribution in [0.1, 0.15) is 65.0 Å². The Kier molecular flexibility index (Phi) is 8.36. The highest BCUT2D eigenvalue weighted by atomic mass is 16.5. The number of para-hydroxylation sites is 1. The van der Waals surface area contributed by atoms with Gasteiger partial charge in [0.2, 0.25) is 0 Å². The molecule has 0 amide bonds. The molecule has 2 heteroatoms. The maximum Gasteiger partial charge on any atom is 0.124 e. The predicted octanol–water partition coefficient (Wildman–Crippen LogP) is 4.95. The molecule has 0 aliphatic carbocycles. The molecule has 0 saturated carbocycles. The van der Waals surface area contributed by atoms with Gasteiger partial charge in [-0.05, 0) is 38.3 Å². The van der Waals surface area contributed by atoms with Crippen LogP contribution in [0.5, 0.6) is 5.75 Å². The quantitative estimate of drug-likeness (QED) is 0.653. The highest BCUT2D eigenvalue weighted by Gasteiger charge is 2.15. The molecule has 1 unspecified atom stereocenters. The van der Waals surface area contributed by atoms with Gasteiger partial charge in [-0.15, -0.1) is 0 Å². The van der Waals surface area contributed by atoms with Crippen LogP contribution in [0, 0.1) is 5.92 Å². The molecule has 1 aromatic rings. The maximum absolute atomic E-state index is 5.79. The largest absolute Gasteiger partial charge is 0.494 e. The van der Waals surface area contributed by atoms with Gasteiger partial charge in [0.05, 0.1) is 6.61 Å². The van der Waals surface area contributed by atoms with Crippen molar-refractivity contribution in [1.82, 2.24) is 5.32 Å². The first kappa shape index (κ1) is 17.0. The number of nitrogens with one attached hydrogen (secondary N) is 1. The summed E-state index contributed by atoms with van der Waals surface area (Å²) < 4.78 is 5.79. The molecule has 0 bridgehead atoms. The van der Waals surface area contributed by atoms with Crippen LogP contribution < -0.4 is 10.1 Å². The summed E-state index contributed by atoms with van der Waals surface area (Å²) in [6.07, 6.45) is 4.90. The summed E-state index contributed by atoms with van der Waals surface area (Å²) in [6.45, 7) is 10.6. The van der Waals surface area contributed by atoms with Crippen molar-refractivity contribution in [3.05, 3.63) is 29.8 Å². The fraction of sp³-hybridized carbons (Fsp3) is 0.667. The monoisotopic (exact) mass is 277 g/mol. The molecule has 0 spiro atoms. The van der Waals surface area contributed by atoms with Crippen LogP contribution in [-0.2, 0) is 0 Å². The van der Waals surface area contributed by atoms with Gasteiger partial charge in [0.25, 0.3) is 0 Å². The Bertz CT molecular complexity index is 362. The summed E-state index contributed by atoms with van der Waals surface area (Å²) in [4.78, 5) is 0. The maximum atomic E-state index is 5.79. The lowest BCUT2D eigenvalue weighted by Crippen LogP contribution is -2.23. The van der Waals surface area contributed by atoms with Crippen molar-refractivity contribution < 1.29 is 4.74 Å². The van der Waals surface area contributed by atoms with E-state index in [2.05, 4.69) is 50.4 Å². The number of hydrogen-bond donors (Lipinski definition) is 1. The minimum Gasteiger partial charge on any atom is -0.494 e. The molecule has 0 fully saturated rings. The van der Waals surface area contributed by atoms with Gasteiger partial charge in [0.1, 0.15) is 5.75 Å². The van der Waals surface area contributed by atoms with E-state index in [1.165, 1.54) is 24.8 Å². The summed E-state index contributed by atoms with van der Waals surface area (Å²) in [6, 6.07) is 8.87. The normalized spacial score (nSPS) is 12.7. The first-order chi connectivity index (χ1) is 9.69. The van der Waals surface area contributed by atoms with Crippen LogP contribution in [0.25, 0.3) is 0 Å². The molecular formula is C18H31NO. The molecule has 2 nitrogen and oxygen atoms in total. The lowest BCUT2D eigenvalue weighted by atomic mass is 9.97. The van der Waals surface area contributed by atoms with E-state index in [1.54, 1.807) is 0 Å². The van der Waals surface area contributed by atoms with Crippen LogP contribution in [0.3, 0.4) is 0 Å². The van der Waals surface area contributed by atoms with E-state index in [9.17, 15) is 0 Å². The molecule has 0 aliphatic rings. The Balaban J connectivity index is 2.75. The first-order valence-corrected chi connectivity index (χ1v) is 8.14. The zero-order valence-corrected chi connectivity index (χ0v) is 13.6. The predicted molar refractivity (Wildman–Crippen MR) is 87.3 cm³/mol. The molecule has 1 aromatic carbocycles. The molecule has 0 saturated heterocycles. The highest BCUT2D eigenvalue weighted by Crippen LogP contribution is 2.29. The first-order valence-electron chi connectivity index (χ1n) is 8.14. The Hall–Kier alpha value is -1.02. The average Bonchev–Trinajstić information content (AvgIpc) is 2.43. The fourth-order valence-corrected chi connectivity index (χ4v) is 2.47. The molecule has 0 heterocycles. The third kappa shape index (κ3) is 5.96. The number of hydrogen-bond acceptors (Lipinski definition) is 2. The number of benzene rings is 1. The Morgan fingerprint density at radius 3 is 2.50 bits per heavy atom. The van der Waals surface area contributed by atoms with E-state index < -0.39 is 0 Å². The van der Waals surface area contributed by atoms with E-state index in [0.29, 0.717) is 6.04 Å². The molecule has 0 aliphatic heterocycles. The van der Waals surface area contributed by atoms with E-state index in [0.717, 1.165) is 31.2 Å². The fourth-order valence-electron chi connectivity index (χ4n) is 2.47. The zero-order chi connectivity index (χ0) is 14.8. The number of ether oxygens (including phenoxy) is 1. The van der Waals surface area contributed by atoms with Crippen LogP contribution >= 0.6 is 0 Å². The second-order valence-electron chi connectivity index (χ2n) is 5.80. The van der Waals surface area contributed by atoms with Crippen molar-refractivity contribution in [2.24, 2.45) is 5.92 Å². The third-order valence-corrected chi connectivity index (χ3v) is 3.51. The minimum absolute atomic E-state index is 0.413. The summed E-state index contributed by atoms with van der Waals surface area (Å²) >= 11 is 0. The Labute approximate surface area is 124 Å². The van der Waals surface area contributed by atoms with Crippen LogP contribution in [0.2, 0.25) is 0 Å². The van der Waals surface area contributed by atoms with Crippen molar-refractivity contribution in [2.75, 3.05) is 13.2 Å². The van der Waals surface area contributed by atoms with Gasteiger partial charge in [-0.3, -0.25) is 0 Å². The minimum atomic E-state index is 0.413. The van der Waals surface area contributed by atoms with Crippen molar-refractivity contribution in [1.29, 1.82) is 0 Å². The van der Waals surface area contributed by atoms with Gasteiger partial charge >= 0.3 is 0 Å². The molecule has 1 atom stereocenters. The summed E-state index contributed by atoms with van der Waals surface area (Å²) in [7, 11) is 0. The SMILES string of the molecule is CCCNC(CCCC(C)C)c1ccccc1OCC. The van der Waals surface area contributed by atoms with Crippen molar-refractivity contribution in [2.45, 2.75) is 59.4 Å². The van der Waals surface area contributed by atoms with Gasteiger partial charge in [0.15, 0.2) is 0 Å². The van der Waals surface area contributed by atoms with E-state index in [1.807, 2.05) is 6.92 Å². The second-order valence-corrected chi connectivity index (χ2v) is 5.80. The molecule has 20 heavy (non-hydrogen) atoms. The molecule has 114 valence electrons. The van der Waals surface area contributed by atoms with E-state index >= 15 is 0 Å². The second kappa shape index (κ2) is 9.82. The molecule has 0 aromatic heterocycles. The summed E-state index contributed by atoms with van der Waals surface area (Å²) in [5, 5.41) is 3.68. The van der Waals surface area contributed by atoms with Crippen LogP contribution in [-0.4, -0.2) is 13.2 Å². The molecular weight excluding hydrogens is 246 g/mol. The van der Waals surface area contributed by atoms with Crippen molar-refractivity contribution in [3.63, 3.8) is 0 Å².